The molecule has 0 aliphatic rings. The number of rotatable bonds is 6. The minimum absolute atomic E-state index is 0.0144. The number of H-pyrrole nitrogens is 1. The first kappa shape index (κ1) is 14.2. The van der Waals surface area contributed by atoms with E-state index in [0.717, 1.165) is 16.9 Å². The van der Waals surface area contributed by atoms with Crippen LogP contribution in [0.25, 0.3) is 0 Å². The van der Waals surface area contributed by atoms with Crippen LogP contribution in [-0.2, 0) is 13.0 Å². The van der Waals surface area contributed by atoms with E-state index < -0.39 is 0 Å². The number of nitrogens with zero attached hydrogens (tertiary/aromatic N) is 1. The van der Waals surface area contributed by atoms with Gasteiger partial charge in [0.1, 0.15) is 12.4 Å². The third kappa shape index (κ3) is 3.47. The molecule has 0 saturated carbocycles. The Morgan fingerprint density at radius 3 is 2.36 bits per heavy atom. The summed E-state index contributed by atoms with van der Waals surface area (Å²) in [6.07, 6.45) is 2.42. The minimum atomic E-state index is 0.0144. The molecule has 0 unspecified atom stereocenters. The molecule has 1 aromatic heterocycles. The monoisotopic (exact) mass is 294 g/mol. The second kappa shape index (κ2) is 6.80. The lowest BCUT2D eigenvalue weighted by molar-refractivity contribution is 0.289. The molecule has 1 heterocycles. The molecule has 0 saturated heterocycles. The maximum Gasteiger partial charge on any atom is 0.270 e. The Bertz CT molecular complexity index is 761. The zero-order valence-electron chi connectivity index (χ0n) is 12.2. The number of aromatic nitrogens is 2. The smallest absolute Gasteiger partial charge is 0.270 e. The fourth-order valence-corrected chi connectivity index (χ4v) is 2.33. The van der Waals surface area contributed by atoms with E-state index in [1.807, 2.05) is 60.7 Å². The number of nitrogens with one attached hydrogen (secondary N) is 1. The van der Waals surface area contributed by atoms with Crippen molar-refractivity contribution >= 4 is 0 Å². The summed E-state index contributed by atoms with van der Waals surface area (Å²) < 4.78 is 7.20. The van der Waals surface area contributed by atoms with E-state index in [0.29, 0.717) is 19.6 Å². The zero-order valence-corrected chi connectivity index (χ0v) is 12.2. The number of benzene rings is 2. The molecule has 4 heteroatoms. The normalized spacial score (nSPS) is 10.5. The van der Waals surface area contributed by atoms with E-state index in [1.54, 1.807) is 10.9 Å². The van der Waals surface area contributed by atoms with Crippen molar-refractivity contribution < 1.29 is 4.74 Å². The third-order valence-electron chi connectivity index (χ3n) is 3.48. The second-order valence-corrected chi connectivity index (χ2v) is 5.08. The predicted molar refractivity (Wildman–Crippen MR) is 86.2 cm³/mol. The summed E-state index contributed by atoms with van der Waals surface area (Å²) >= 11 is 0. The standard InChI is InChI=1S/C18H18N2O2/c21-18-16(13-15-7-3-1-4-8-15)14-19-20(18)11-12-22-17-9-5-2-6-10-17/h1-10,14,19H,11-13H2. The van der Waals surface area contributed by atoms with Crippen LogP contribution in [0.1, 0.15) is 11.1 Å². The molecule has 1 N–H and O–H groups in total. The molecule has 0 fully saturated rings. The SMILES string of the molecule is O=c1c(Cc2ccccc2)c[nH]n1CCOc1ccccc1. The van der Waals surface area contributed by atoms with Crippen molar-refractivity contribution in [2.75, 3.05) is 6.61 Å². The Morgan fingerprint density at radius 2 is 1.64 bits per heavy atom. The van der Waals surface area contributed by atoms with E-state index in [-0.39, 0.29) is 5.56 Å². The molecular weight excluding hydrogens is 276 g/mol. The lowest BCUT2D eigenvalue weighted by Gasteiger charge is -2.05. The summed E-state index contributed by atoms with van der Waals surface area (Å²) in [5.41, 5.74) is 1.91. The maximum absolute atomic E-state index is 12.3. The van der Waals surface area contributed by atoms with Gasteiger partial charge in [0.2, 0.25) is 0 Å². The van der Waals surface area contributed by atoms with Gasteiger partial charge in [-0.2, -0.15) is 0 Å². The first-order valence-corrected chi connectivity index (χ1v) is 7.32. The zero-order chi connectivity index (χ0) is 15.2. The average molecular weight is 294 g/mol. The van der Waals surface area contributed by atoms with Crippen LogP contribution in [0.3, 0.4) is 0 Å². The van der Waals surface area contributed by atoms with Crippen molar-refractivity contribution in [2.45, 2.75) is 13.0 Å². The Morgan fingerprint density at radius 1 is 0.955 bits per heavy atom. The molecular formula is C18H18N2O2. The number of aromatic amines is 1. The van der Waals surface area contributed by atoms with Crippen molar-refractivity contribution in [3.8, 4) is 5.75 Å². The lowest BCUT2D eigenvalue weighted by Crippen LogP contribution is -2.22. The number of hydrogen-bond acceptors (Lipinski definition) is 2. The van der Waals surface area contributed by atoms with Gasteiger partial charge in [0, 0.05) is 18.2 Å². The highest BCUT2D eigenvalue weighted by atomic mass is 16.5. The van der Waals surface area contributed by atoms with E-state index in [9.17, 15) is 4.79 Å². The number of hydrogen-bond donors (Lipinski definition) is 1. The van der Waals surface area contributed by atoms with Crippen LogP contribution >= 0.6 is 0 Å². The van der Waals surface area contributed by atoms with Gasteiger partial charge in [0.15, 0.2) is 0 Å². The van der Waals surface area contributed by atoms with Crippen LogP contribution < -0.4 is 10.3 Å². The Balaban J connectivity index is 1.60. The Hall–Kier alpha value is -2.75. The predicted octanol–water partition coefficient (Wildman–Crippen LogP) is 2.85. The molecule has 4 nitrogen and oxygen atoms in total. The lowest BCUT2D eigenvalue weighted by atomic mass is 10.1. The van der Waals surface area contributed by atoms with E-state index in [1.165, 1.54) is 0 Å². The van der Waals surface area contributed by atoms with Gasteiger partial charge in [-0.25, -0.2) is 4.68 Å². The van der Waals surface area contributed by atoms with E-state index in [4.69, 9.17) is 4.74 Å². The van der Waals surface area contributed by atoms with Gasteiger partial charge in [-0.1, -0.05) is 48.5 Å². The van der Waals surface area contributed by atoms with Crippen molar-refractivity contribution in [1.29, 1.82) is 0 Å². The highest BCUT2D eigenvalue weighted by Gasteiger charge is 2.06. The summed E-state index contributed by atoms with van der Waals surface area (Å²) in [7, 11) is 0. The van der Waals surface area contributed by atoms with Crippen molar-refractivity contribution in [2.24, 2.45) is 0 Å². The van der Waals surface area contributed by atoms with Gasteiger partial charge >= 0.3 is 0 Å². The third-order valence-corrected chi connectivity index (χ3v) is 3.48. The van der Waals surface area contributed by atoms with Gasteiger partial charge in [-0.05, 0) is 17.7 Å². The summed E-state index contributed by atoms with van der Waals surface area (Å²) in [6.45, 7) is 0.956. The molecule has 0 aliphatic heterocycles. The molecule has 22 heavy (non-hydrogen) atoms. The molecule has 3 rings (SSSR count). The molecule has 0 bridgehead atoms. The van der Waals surface area contributed by atoms with Gasteiger partial charge < -0.3 is 9.84 Å². The van der Waals surface area contributed by atoms with E-state index >= 15 is 0 Å². The van der Waals surface area contributed by atoms with Gasteiger partial charge in [0.25, 0.3) is 5.56 Å². The average Bonchev–Trinajstić information content (AvgIpc) is 2.90. The quantitative estimate of drug-likeness (QED) is 0.760. The fraction of sp³-hybridized carbons (Fsp3) is 0.167. The summed E-state index contributed by atoms with van der Waals surface area (Å²) in [5, 5.41) is 3.00. The second-order valence-electron chi connectivity index (χ2n) is 5.08. The van der Waals surface area contributed by atoms with Crippen molar-refractivity contribution in [1.82, 2.24) is 9.78 Å². The highest BCUT2D eigenvalue weighted by molar-refractivity contribution is 5.23. The van der Waals surface area contributed by atoms with Crippen LogP contribution in [0.2, 0.25) is 0 Å². The largest absolute Gasteiger partial charge is 0.492 e. The van der Waals surface area contributed by atoms with Crippen molar-refractivity contribution in [3.63, 3.8) is 0 Å². The van der Waals surface area contributed by atoms with Crippen molar-refractivity contribution in [3.05, 3.63) is 88.3 Å². The molecule has 0 atom stereocenters. The van der Waals surface area contributed by atoms with Gasteiger partial charge in [0.05, 0.1) is 6.54 Å². The van der Waals surface area contributed by atoms with Crippen LogP contribution in [0.5, 0.6) is 5.75 Å². The molecule has 112 valence electrons. The molecule has 3 aromatic rings. The first-order valence-electron chi connectivity index (χ1n) is 7.32. The number of para-hydroxylation sites is 1. The van der Waals surface area contributed by atoms with Gasteiger partial charge in [-0.3, -0.25) is 4.79 Å². The first-order chi connectivity index (χ1) is 10.8. The maximum atomic E-state index is 12.3. The minimum Gasteiger partial charge on any atom is -0.492 e. The topological polar surface area (TPSA) is 47.0 Å². The molecule has 0 radical (unpaired) electrons. The van der Waals surface area contributed by atoms with Crippen LogP contribution in [0.4, 0.5) is 0 Å². The van der Waals surface area contributed by atoms with Crippen LogP contribution in [0, 0.1) is 0 Å². The van der Waals surface area contributed by atoms with Gasteiger partial charge in [-0.15, -0.1) is 0 Å². The molecule has 0 spiro atoms. The molecule has 0 amide bonds. The summed E-state index contributed by atoms with van der Waals surface area (Å²) in [4.78, 5) is 12.3. The Kier molecular flexibility index (Phi) is 4.39. The summed E-state index contributed by atoms with van der Waals surface area (Å²) in [6, 6.07) is 19.6. The Labute approximate surface area is 129 Å². The highest BCUT2D eigenvalue weighted by Crippen LogP contribution is 2.08. The molecule has 0 aliphatic carbocycles. The van der Waals surface area contributed by atoms with Crippen LogP contribution in [0.15, 0.2) is 71.7 Å². The van der Waals surface area contributed by atoms with E-state index in [2.05, 4.69) is 5.10 Å². The summed E-state index contributed by atoms with van der Waals surface area (Å²) in [5.74, 6) is 0.812. The number of ether oxygens (including phenoxy) is 1. The van der Waals surface area contributed by atoms with Crippen LogP contribution in [-0.4, -0.2) is 16.4 Å². The molecule has 2 aromatic carbocycles. The fourth-order valence-electron chi connectivity index (χ4n) is 2.33.